The van der Waals surface area contributed by atoms with Crippen molar-refractivity contribution in [1.82, 2.24) is 9.97 Å². The highest BCUT2D eigenvalue weighted by Crippen LogP contribution is 2.26. The van der Waals surface area contributed by atoms with Gasteiger partial charge in [0.2, 0.25) is 0 Å². The van der Waals surface area contributed by atoms with Gasteiger partial charge < -0.3 is 10.4 Å². The largest absolute Gasteiger partial charge is 0.478 e. The van der Waals surface area contributed by atoms with Gasteiger partial charge in [-0.15, -0.1) is 0 Å². The van der Waals surface area contributed by atoms with E-state index in [1.165, 1.54) is 24.7 Å². The van der Waals surface area contributed by atoms with Crippen molar-refractivity contribution in [3.05, 3.63) is 86.9 Å². The molecule has 9 heteroatoms. The minimum absolute atomic E-state index is 0.00441. The number of hydrogen-bond donors (Lipinski definition) is 2. The quantitative estimate of drug-likeness (QED) is 0.407. The maximum absolute atomic E-state index is 12.4. The number of aromatic nitrogens is 2. The van der Waals surface area contributed by atoms with Gasteiger partial charge in [0.15, 0.2) is 0 Å². The van der Waals surface area contributed by atoms with Crippen LogP contribution in [0.2, 0.25) is 15.2 Å². The molecule has 0 spiro atoms. The summed E-state index contributed by atoms with van der Waals surface area (Å²) >= 11 is 18.0. The highest BCUT2D eigenvalue weighted by atomic mass is 35.5. The Kier molecular flexibility index (Phi) is 6.49. The number of carboxylic acids is 1. The van der Waals surface area contributed by atoms with E-state index in [9.17, 15) is 14.7 Å². The number of hydrogen-bond acceptors (Lipinski definition) is 4. The van der Waals surface area contributed by atoms with Crippen LogP contribution in [0.15, 0.2) is 55.0 Å². The number of carbonyl (C=O) groups excluding carboxylic acids is 1. The van der Waals surface area contributed by atoms with Gasteiger partial charge in [0.1, 0.15) is 5.15 Å². The molecule has 0 aliphatic rings. The van der Waals surface area contributed by atoms with Crippen molar-refractivity contribution < 1.29 is 14.7 Å². The summed E-state index contributed by atoms with van der Waals surface area (Å²) in [5.74, 6) is -1.63. The summed E-state index contributed by atoms with van der Waals surface area (Å²) < 4.78 is 0. The van der Waals surface area contributed by atoms with E-state index < -0.39 is 11.9 Å². The van der Waals surface area contributed by atoms with Gasteiger partial charge in [-0.25, -0.2) is 9.78 Å². The normalized spacial score (nSPS) is 11.2. The summed E-state index contributed by atoms with van der Waals surface area (Å²) in [5, 5.41) is 12.6. The van der Waals surface area contributed by atoms with E-state index in [2.05, 4.69) is 15.3 Å². The minimum atomic E-state index is -1.14. The Bertz CT molecular complexity index is 1100. The molecular formula is C20H12Cl3N3O3. The number of nitrogens with zero attached hydrogens (tertiary/aromatic N) is 2. The first-order chi connectivity index (χ1) is 13.9. The van der Waals surface area contributed by atoms with Crippen LogP contribution in [-0.4, -0.2) is 27.0 Å². The Balaban J connectivity index is 1.84. The molecule has 3 aromatic rings. The van der Waals surface area contributed by atoms with Crippen molar-refractivity contribution in [3.8, 4) is 0 Å². The highest BCUT2D eigenvalue weighted by molar-refractivity contribution is 6.40. The van der Waals surface area contributed by atoms with Gasteiger partial charge in [-0.1, -0.05) is 46.9 Å². The molecule has 0 bridgehead atoms. The van der Waals surface area contributed by atoms with Crippen molar-refractivity contribution in [2.45, 2.75) is 0 Å². The van der Waals surface area contributed by atoms with Crippen LogP contribution in [0.25, 0.3) is 11.6 Å². The predicted molar refractivity (Wildman–Crippen MR) is 113 cm³/mol. The molecule has 2 N–H and O–H groups in total. The maximum Gasteiger partial charge on any atom is 0.336 e. The second kappa shape index (κ2) is 9.05. The van der Waals surface area contributed by atoms with Gasteiger partial charge in [-0.2, -0.15) is 0 Å². The van der Waals surface area contributed by atoms with E-state index in [0.29, 0.717) is 16.8 Å². The molecule has 0 aliphatic heterocycles. The van der Waals surface area contributed by atoms with Crippen LogP contribution >= 0.6 is 34.8 Å². The fraction of sp³-hybridized carbons (Fsp3) is 0. The van der Waals surface area contributed by atoms with Crippen LogP contribution in [0.1, 0.15) is 21.5 Å². The number of carboxylic acid groups (broad SMARTS) is 1. The zero-order chi connectivity index (χ0) is 21.0. The SMILES string of the molecule is O=C(O)/C(=C/c1ccc(NC(=O)c2c(Cl)cncc2Cl)cc1)c1cccnc1Cl. The molecule has 3 rings (SSSR count). The van der Waals surface area contributed by atoms with E-state index in [-0.39, 0.29) is 26.3 Å². The summed E-state index contributed by atoms with van der Waals surface area (Å²) in [6, 6.07) is 9.73. The smallest absolute Gasteiger partial charge is 0.336 e. The Labute approximate surface area is 180 Å². The van der Waals surface area contributed by atoms with Gasteiger partial charge >= 0.3 is 5.97 Å². The van der Waals surface area contributed by atoms with Crippen molar-refractivity contribution in [2.75, 3.05) is 5.32 Å². The standard InChI is InChI=1S/C20H12Cl3N3O3/c21-15-9-24-10-16(22)17(15)19(27)26-12-5-3-11(4-6-12)8-14(20(28)29)13-2-1-7-25-18(13)23/h1-10H,(H,26,27)(H,28,29)/b14-8+. The topological polar surface area (TPSA) is 92.2 Å². The van der Waals surface area contributed by atoms with E-state index >= 15 is 0 Å². The Morgan fingerprint density at radius 2 is 1.66 bits per heavy atom. The second-order valence-electron chi connectivity index (χ2n) is 5.76. The van der Waals surface area contributed by atoms with Gasteiger partial charge in [-0.05, 0) is 35.9 Å². The third-order valence-corrected chi connectivity index (χ3v) is 4.71. The maximum atomic E-state index is 12.4. The molecule has 0 aliphatic carbocycles. The molecule has 1 amide bonds. The predicted octanol–water partition coefficient (Wildman–Crippen LogP) is 5.31. The lowest BCUT2D eigenvalue weighted by molar-refractivity contribution is -0.130. The van der Waals surface area contributed by atoms with Gasteiger partial charge in [0.25, 0.3) is 5.91 Å². The Hall–Kier alpha value is -2.93. The van der Waals surface area contributed by atoms with E-state index in [1.807, 2.05) is 0 Å². The van der Waals surface area contributed by atoms with Crippen molar-refractivity contribution in [3.63, 3.8) is 0 Å². The van der Waals surface area contributed by atoms with E-state index in [4.69, 9.17) is 34.8 Å². The number of anilines is 1. The van der Waals surface area contributed by atoms with Crippen LogP contribution in [0.4, 0.5) is 5.69 Å². The molecule has 0 saturated heterocycles. The van der Waals surface area contributed by atoms with Crippen molar-refractivity contribution >= 4 is 64.0 Å². The number of nitrogens with one attached hydrogen (secondary N) is 1. The molecule has 0 radical (unpaired) electrons. The number of pyridine rings is 2. The third-order valence-electron chi connectivity index (χ3n) is 3.84. The van der Waals surface area contributed by atoms with Crippen molar-refractivity contribution in [2.24, 2.45) is 0 Å². The summed E-state index contributed by atoms with van der Waals surface area (Å²) in [6.07, 6.45) is 5.60. The summed E-state index contributed by atoms with van der Waals surface area (Å²) in [4.78, 5) is 31.8. The van der Waals surface area contributed by atoms with Gasteiger partial charge in [0, 0.05) is 29.8 Å². The number of halogens is 3. The van der Waals surface area contributed by atoms with Crippen LogP contribution in [0.3, 0.4) is 0 Å². The zero-order valence-electron chi connectivity index (χ0n) is 14.6. The van der Waals surface area contributed by atoms with E-state index in [1.54, 1.807) is 36.4 Å². The number of benzene rings is 1. The third kappa shape index (κ3) is 4.92. The fourth-order valence-electron chi connectivity index (χ4n) is 2.49. The molecule has 0 saturated carbocycles. The van der Waals surface area contributed by atoms with Crippen molar-refractivity contribution in [1.29, 1.82) is 0 Å². The molecule has 1 aromatic carbocycles. The molecule has 29 heavy (non-hydrogen) atoms. The first-order valence-corrected chi connectivity index (χ1v) is 9.26. The molecule has 2 aromatic heterocycles. The molecule has 0 atom stereocenters. The summed E-state index contributed by atoms with van der Waals surface area (Å²) in [5.41, 5.74) is 1.50. The molecule has 0 unspecified atom stereocenters. The fourth-order valence-corrected chi connectivity index (χ4v) is 3.25. The van der Waals surface area contributed by atoms with Crippen LogP contribution in [0.5, 0.6) is 0 Å². The molecule has 2 heterocycles. The van der Waals surface area contributed by atoms with Crippen LogP contribution in [-0.2, 0) is 4.79 Å². The summed E-state index contributed by atoms with van der Waals surface area (Å²) in [6.45, 7) is 0. The lowest BCUT2D eigenvalue weighted by atomic mass is 10.0. The van der Waals surface area contributed by atoms with Crippen LogP contribution in [0, 0.1) is 0 Å². The molecular weight excluding hydrogens is 437 g/mol. The number of amides is 1. The number of rotatable bonds is 5. The monoisotopic (exact) mass is 447 g/mol. The first kappa shape index (κ1) is 20.8. The van der Waals surface area contributed by atoms with Crippen LogP contribution < -0.4 is 5.32 Å². The Morgan fingerprint density at radius 1 is 1.00 bits per heavy atom. The second-order valence-corrected chi connectivity index (χ2v) is 6.93. The van der Waals surface area contributed by atoms with E-state index in [0.717, 1.165) is 0 Å². The Morgan fingerprint density at radius 3 is 2.24 bits per heavy atom. The lowest BCUT2D eigenvalue weighted by Gasteiger charge is -2.09. The number of aliphatic carboxylic acids is 1. The number of carbonyl (C=O) groups is 2. The molecule has 6 nitrogen and oxygen atoms in total. The lowest BCUT2D eigenvalue weighted by Crippen LogP contribution is -2.13. The average molecular weight is 449 g/mol. The average Bonchev–Trinajstić information content (AvgIpc) is 2.68. The minimum Gasteiger partial charge on any atom is -0.478 e. The molecule has 146 valence electrons. The van der Waals surface area contributed by atoms with Gasteiger partial charge in [0.05, 0.1) is 21.2 Å². The zero-order valence-corrected chi connectivity index (χ0v) is 16.8. The first-order valence-electron chi connectivity index (χ1n) is 8.13. The highest BCUT2D eigenvalue weighted by Gasteiger charge is 2.16. The summed E-state index contributed by atoms with van der Waals surface area (Å²) in [7, 11) is 0. The molecule has 0 fully saturated rings. The van der Waals surface area contributed by atoms with Gasteiger partial charge in [-0.3, -0.25) is 9.78 Å².